The van der Waals surface area contributed by atoms with E-state index in [0.717, 1.165) is 24.8 Å². The van der Waals surface area contributed by atoms with Crippen LogP contribution < -0.4 is 5.32 Å². The van der Waals surface area contributed by atoms with Crippen LogP contribution in [0.5, 0.6) is 0 Å². The van der Waals surface area contributed by atoms with Crippen LogP contribution in [0.25, 0.3) is 10.4 Å². The molecule has 0 spiro atoms. The lowest BCUT2D eigenvalue weighted by atomic mass is 10.1. The van der Waals surface area contributed by atoms with Crippen molar-refractivity contribution in [1.82, 2.24) is 0 Å². The summed E-state index contributed by atoms with van der Waals surface area (Å²) in [6, 6.07) is 2.13. The summed E-state index contributed by atoms with van der Waals surface area (Å²) in [6.07, 6.45) is 2.95. The molecule has 1 aromatic heterocycles. The van der Waals surface area contributed by atoms with E-state index in [1.54, 1.807) is 0 Å². The quantitative estimate of drug-likeness (QED) is 0.503. The third-order valence-corrected chi connectivity index (χ3v) is 3.77. The number of carbonyl (C=O) groups excluding carboxylic acids is 1. The van der Waals surface area contributed by atoms with Gasteiger partial charge in [0.15, 0.2) is 0 Å². The number of anilines is 1. The lowest BCUT2D eigenvalue weighted by molar-refractivity contribution is -0.114. The van der Waals surface area contributed by atoms with Crippen molar-refractivity contribution in [3.63, 3.8) is 0 Å². The number of amides is 1. The molecule has 17 heavy (non-hydrogen) atoms. The van der Waals surface area contributed by atoms with Crippen LogP contribution in [0, 0.1) is 11.3 Å². The number of thiophene rings is 1. The van der Waals surface area contributed by atoms with Gasteiger partial charge in [0.05, 0.1) is 5.56 Å². The van der Waals surface area contributed by atoms with Gasteiger partial charge in [-0.15, -0.1) is 11.3 Å². The minimum Gasteiger partial charge on any atom is -0.316 e. The largest absolute Gasteiger partial charge is 0.316 e. The summed E-state index contributed by atoms with van der Waals surface area (Å²) < 4.78 is 0. The number of nitrogens with zero attached hydrogens (tertiary/aromatic N) is 4. The van der Waals surface area contributed by atoms with Crippen molar-refractivity contribution in [3.05, 3.63) is 26.4 Å². The van der Waals surface area contributed by atoms with Crippen LogP contribution in [0.15, 0.2) is 5.11 Å². The smallest absolute Gasteiger partial charge is 0.230 e. The van der Waals surface area contributed by atoms with Gasteiger partial charge in [0.1, 0.15) is 17.6 Å². The van der Waals surface area contributed by atoms with Gasteiger partial charge in [-0.2, -0.15) is 5.26 Å². The van der Waals surface area contributed by atoms with Crippen LogP contribution in [0.2, 0.25) is 0 Å². The lowest BCUT2D eigenvalue weighted by Gasteiger charge is -2.00. The normalized spacial score (nSPS) is 12.4. The van der Waals surface area contributed by atoms with E-state index >= 15 is 0 Å². The van der Waals surface area contributed by atoms with Crippen molar-refractivity contribution in [3.8, 4) is 6.07 Å². The monoisotopic (exact) mass is 247 g/mol. The number of aryl methyl sites for hydroxylation is 1. The average molecular weight is 247 g/mol. The number of nitriles is 1. The Balaban J connectivity index is 2.20. The molecule has 0 aromatic carbocycles. The Hall–Kier alpha value is -2.03. The zero-order chi connectivity index (χ0) is 12.3. The molecule has 86 valence electrons. The zero-order valence-corrected chi connectivity index (χ0v) is 9.75. The Morgan fingerprint density at radius 2 is 2.47 bits per heavy atom. The molecule has 7 heteroatoms. The van der Waals surface area contributed by atoms with Crippen molar-refractivity contribution in [1.29, 1.82) is 5.26 Å². The Morgan fingerprint density at radius 3 is 3.18 bits per heavy atom. The summed E-state index contributed by atoms with van der Waals surface area (Å²) in [6.45, 7) is -0.246. The maximum Gasteiger partial charge on any atom is 0.230 e. The summed E-state index contributed by atoms with van der Waals surface area (Å²) in [5.41, 5.74) is 9.74. The second-order valence-electron chi connectivity index (χ2n) is 3.61. The predicted molar refractivity (Wildman–Crippen MR) is 63.7 cm³/mol. The molecule has 1 heterocycles. The number of rotatable bonds is 3. The highest BCUT2D eigenvalue weighted by Gasteiger charge is 2.22. The number of hydrogen-bond acceptors (Lipinski definition) is 4. The molecular formula is C10H9N5OS. The van der Waals surface area contributed by atoms with Gasteiger partial charge in [-0.05, 0) is 30.4 Å². The Morgan fingerprint density at radius 1 is 1.65 bits per heavy atom. The molecule has 0 radical (unpaired) electrons. The van der Waals surface area contributed by atoms with E-state index in [1.165, 1.54) is 16.2 Å². The first-order valence-corrected chi connectivity index (χ1v) is 5.93. The first-order chi connectivity index (χ1) is 8.26. The fourth-order valence-electron chi connectivity index (χ4n) is 1.87. The first-order valence-electron chi connectivity index (χ1n) is 5.11. The molecule has 0 saturated carbocycles. The SMILES string of the molecule is N#Cc1c(NC(=O)CN=[N+]=[N-])sc2c1CCC2. The fraction of sp³-hybridized carbons (Fsp3) is 0.400. The summed E-state index contributed by atoms with van der Waals surface area (Å²) in [4.78, 5) is 15.1. The third-order valence-electron chi connectivity index (χ3n) is 2.56. The van der Waals surface area contributed by atoms with E-state index in [2.05, 4.69) is 21.4 Å². The van der Waals surface area contributed by atoms with Crippen LogP contribution in [-0.2, 0) is 17.6 Å². The van der Waals surface area contributed by atoms with Gasteiger partial charge in [0.25, 0.3) is 0 Å². The fourth-order valence-corrected chi connectivity index (χ4v) is 3.13. The van der Waals surface area contributed by atoms with Crippen molar-refractivity contribution in [2.45, 2.75) is 19.3 Å². The highest BCUT2D eigenvalue weighted by Crippen LogP contribution is 2.38. The van der Waals surface area contributed by atoms with Crippen LogP contribution in [-0.4, -0.2) is 12.5 Å². The van der Waals surface area contributed by atoms with Gasteiger partial charge >= 0.3 is 0 Å². The average Bonchev–Trinajstić information content (AvgIpc) is 2.86. The van der Waals surface area contributed by atoms with Gasteiger partial charge in [-0.3, -0.25) is 4.79 Å². The van der Waals surface area contributed by atoms with Crippen molar-refractivity contribution < 1.29 is 4.79 Å². The predicted octanol–water partition coefficient (Wildman–Crippen LogP) is 2.36. The van der Waals surface area contributed by atoms with Gasteiger partial charge in [-0.25, -0.2) is 0 Å². The van der Waals surface area contributed by atoms with Gasteiger partial charge in [0.2, 0.25) is 5.91 Å². The molecule has 1 aliphatic carbocycles. The Labute approximate surface area is 101 Å². The molecule has 0 fully saturated rings. The van der Waals surface area contributed by atoms with Gasteiger partial charge in [0, 0.05) is 9.79 Å². The summed E-state index contributed by atoms with van der Waals surface area (Å²) in [5.74, 6) is -0.390. The van der Waals surface area contributed by atoms with E-state index < -0.39 is 0 Å². The van der Waals surface area contributed by atoms with Crippen molar-refractivity contribution >= 4 is 22.2 Å². The number of fused-ring (bicyclic) bond motifs is 1. The maximum absolute atomic E-state index is 11.4. The summed E-state index contributed by atoms with van der Waals surface area (Å²) in [7, 11) is 0. The molecule has 0 aliphatic heterocycles. The molecule has 6 nitrogen and oxygen atoms in total. The molecule has 0 atom stereocenters. The minimum absolute atomic E-state index is 0.246. The highest BCUT2D eigenvalue weighted by molar-refractivity contribution is 7.16. The van der Waals surface area contributed by atoms with E-state index in [0.29, 0.717) is 10.6 Å². The molecular weight excluding hydrogens is 238 g/mol. The summed E-state index contributed by atoms with van der Waals surface area (Å²) >= 11 is 1.45. The first kappa shape index (κ1) is 11.5. The zero-order valence-electron chi connectivity index (χ0n) is 8.93. The van der Waals surface area contributed by atoms with E-state index in [-0.39, 0.29) is 12.5 Å². The Kier molecular flexibility index (Phi) is 3.28. The number of nitrogens with one attached hydrogen (secondary N) is 1. The van der Waals surface area contributed by atoms with Crippen LogP contribution >= 0.6 is 11.3 Å². The molecule has 0 bridgehead atoms. The molecule has 0 unspecified atom stereocenters. The molecule has 0 saturated heterocycles. The van der Waals surface area contributed by atoms with Crippen LogP contribution in [0.1, 0.15) is 22.4 Å². The third kappa shape index (κ3) is 2.23. The summed E-state index contributed by atoms with van der Waals surface area (Å²) in [5, 5.41) is 15.5. The van der Waals surface area contributed by atoms with Crippen LogP contribution in [0.3, 0.4) is 0 Å². The Bertz CT molecular complexity index is 550. The topological polar surface area (TPSA) is 102 Å². The standard InChI is InChI=1S/C10H9N5OS/c11-4-7-6-2-1-3-8(6)17-10(7)14-9(16)5-13-15-12/h1-3,5H2,(H,14,16). The van der Waals surface area contributed by atoms with Crippen molar-refractivity contribution in [2.75, 3.05) is 11.9 Å². The molecule has 1 aromatic rings. The minimum atomic E-state index is -0.390. The molecule has 1 amide bonds. The van der Waals surface area contributed by atoms with E-state index in [9.17, 15) is 4.79 Å². The second-order valence-corrected chi connectivity index (χ2v) is 4.72. The number of hydrogen-bond donors (Lipinski definition) is 1. The molecule has 2 rings (SSSR count). The van der Waals surface area contributed by atoms with Crippen LogP contribution in [0.4, 0.5) is 5.00 Å². The maximum atomic E-state index is 11.4. The van der Waals surface area contributed by atoms with E-state index in [4.69, 9.17) is 10.8 Å². The van der Waals surface area contributed by atoms with E-state index in [1.807, 2.05) is 0 Å². The second kappa shape index (κ2) is 4.87. The molecule has 1 aliphatic rings. The van der Waals surface area contributed by atoms with Crippen molar-refractivity contribution in [2.24, 2.45) is 5.11 Å². The van der Waals surface area contributed by atoms with Gasteiger partial charge < -0.3 is 5.32 Å². The lowest BCUT2D eigenvalue weighted by Crippen LogP contribution is -2.14. The van der Waals surface area contributed by atoms with Gasteiger partial charge in [-0.1, -0.05) is 5.11 Å². The number of azide groups is 1. The number of carbonyl (C=O) groups is 1. The molecule has 1 N–H and O–H groups in total. The highest BCUT2D eigenvalue weighted by atomic mass is 32.1.